The Labute approximate surface area is 123 Å². The lowest BCUT2D eigenvalue weighted by Crippen LogP contribution is -2.25. The Bertz CT molecular complexity index is 760. The maximum atomic E-state index is 12.4. The summed E-state index contributed by atoms with van der Waals surface area (Å²) >= 11 is 0. The Kier molecular flexibility index (Phi) is 4.17. The second-order valence-electron chi connectivity index (χ2n) is 4.88. The number of hydrogen-bond acceptors (Lipinski definition) is 5. The van der Waals surface area contributed by atoms with Crippen LogP contribution < -0.4 is 4.72 Å². The molecular weight excluding hydrogens is 294 g/mol. The van der Waals surface area contributed by atoms with Crippen LogP contribution in [0.2, 0.25) is 0 Å². The number of nitrogens with one attached hydrogen (secondary N) is 2. The first-order valence-electron chi connectivity index (χ1n) is 6.41. The lowest BCUT2D eigenvalue weighted by atomic mass is 10.2. The van der Waals surface area contributed by atoms with E-state index in [-0.39, 0.29) is 17.1 Å². The van der Waals surface area contributed by atoms with Gasteiger partial charge in [0.25, 0.3) is 0 Å². The fourth-order valence-corrected chi connectivity index (χ4v) is 3.59. The summed E-state index contributed by atoms with van der Waals surface area (Å²) < 4.78 is 29.0. The fourth-order valence-electron chi connectivity index (χ4n) is 2.25. The highest BCUT2D eigenvalue weighted by molar-refractivity contribution is 7.89. The number of aliphatic hydroxyl groups excluding tert-OH is 1. The summed E-state index contributed by atoms with van der Waals surface area (Å²) in [6, 6.07) is 0. The highest BCUT2D eigenvalue weighted by Gasteiger charge is 2.24. The molecule has 0 aliphatic carbocycles. The molecule has 0 atom stereocenters. The predicted octanol–water partition coefficient (Wildman–Crippen LogP) is 0.0393. The summed E-state index contributed by atoms with van der Waals surface area (Å²) in [6.45, 7) is 5.01. The van der Waals surface area contributed by atoms with E-state index in [0.717, 1.165) is 17.0 Å². The topological polar surface area (TPSA) is 113 Å². The molecule has 2 aromatic heterocycles. The number of H-pyrrole nitrogens is 1. The van der Waals surface area contributed by atoms with Crippen molar-refractivity contribution in [3.8, 4) is 0 Å². The molecule has 3 N–H and O–H groups in total. The fraction of sp³-hybridized carbons (Fsp3) is 0.500. The quantitative estimate of drug-likeness (QED) is 0.721. The van der Waals surface area contributed by atoms with Gasteiger partial charge in [0.2, 0.25) is 10.0 Å². The standard InChI is InChI=1S/C12H19N5O3S/c1-7-10(9(3)17(4)16-7)5-13-21(19,20)12-8(2)14-15-11(12)6-18/h13,18H,5-6H2,1-4H3,(H,14,15). The van der Waals surface area contributed by atoms with Crippen molar-refractivity contribution in [2.24, 2.45) is 7.05 Å². The third-order valence-electron chi connectivity index (χ3n) is 3.48. The molecule has 0 aliphatic rings. The van der Waals surface area contributed by atoms with Crippen molar-refractivity contribution < 1.29 is 13.5 Å². The number of aryl methyl sites for hydroxylation is 3. The zero-order valence-electron chi connectivity index (χ0n) is 12.4. The zero-order valence-corrected chi connectivity index (χ0v) is 13.2. The molecule has 9 heteroatoms. The third-order valence-corrected chi connectivity index (χ3v) is 5.08. The van der Waals surface area contributed by atoms with Crippen LogP contribution in [-0.4, -0.2) is 33.5 Å². The number of hydrogen-bond donors (Lipinski definition) is 3. The van der Waals surface area contributed by atoms with Gasteiger partial charge in [0, 0.05) is 24.8 Å². The largest absolute Gasteiger partial charge is 0.390 e. The first kappa shape index (κ1) is 15.7. The van der Waals surface area contributed by atoms with Gasteiger partial charge < -0.3 is 5.11 Å². The molecule has 0 unspecified atom stereocenters. The maximum absolute atomic E-state index is 12.4. The first-order valence-corrected chi connectivity index (χ1v) is 7.89. The summed E-state index contributed by atoms with van der Waals surface area (Å²) in [5.74, 6) is 0. The molecular formula is C12H19N5O3S. The van der Waals surface area contributed by atoms with E-state index in [1.54, 1.807) is 11.6 Å². The van der Waals surface area contributed by atoms with E-state index in [9.17, 15) is 13.5 Å². The van der Waals surface area contributed by atoms with Crippen molar-refractivity contribution >= 4 is 10.0 Å². The van der Waals surface area contributed by atoms with Gasteiger partial charge in [-0.05, 0) is 20.8 Å². The molecule has 8 nitrogen and oxygen atoms in total. The van der Waals surface area contributed by atoms with Gasteiger partial charge in [-0.2, -0.15) is 10.2 Å². The van der Waals surface area contributed by atoms with E-state index in [1.807, 2.05) is 20.9 Å². The highest BCUT2D eigenvalue weighted by atomic mass is 32.2. The summed E-state index contributed by atoms with van der Waals surface area (Å²) in [4.78, 5) is 0.00389. The first-order chi connectivity index (χ1) is 9.77. The molecule has 0 saturated heterocycles. The van der Waals surface area contributed by atoms with Gasteiger partial charge in [-0.3, -0.25) is 9.78 Å². The second-order valence-corrected chi connectivity index (χ2v) is 6.58. The minimum atomic E-state index is -3.75. The van der Waals surface area contributed by atoms with Crippen molar-refractivity contribution in [1.82, 2.24) is 24.7 Å². The third kappa shape index (κ3) is 2.85. The molecule has 0 saturated carbocycles. The van der Waals surface area contributed by atoms with E-state index in [4.69, 9.17) is 0 Å². The lowest BCUT2D eigenvalue weighted by Gasteiger charge is -2.08. The van der Waals surface area contributed by atoms with Gasteiger partial charge in [0.1, 0.15) is 10.6 Å². The number of sulfonamides is 1. The summed E-state index contributed by atoms with van der Waals surface area (Å²) in [6.07, 6.45) is 0. The van der Waals surface area contributed by atoms with Crippen molar-refractivity contribution in [2.45, 2.75) is 38.8 Å². The van der Waals surface area contributed by atoms with Gasteiger partial charge in [-0.1, -0.05) is 0 Å². The predicted molar refractivity (Wildman–Crippen MR) is 76.0 cm³/mol. The van der Waals surface area contributed by atoms with Crippen molar-refractivity contribution in [1.29, 1.82) is 0 Å². The Morgan fingerprint density at radius 3 is 2.52 bits per heavy atom. The Hall–Kier alpha value is -1.71. The number of nitrogens with zero attached hydrogens (tertiary/aromatic N) is 3. The SMILES string of the molecule is Cc1nn(C)c(C)c1CNS(=O)(=O)c1c(CO)n[nH]c1C. The van der Waals surface area contributed by atoms with Crippen LogP contribution in [0.4, 0.5) is 0 Å². The van der Waals surface area contributed by atoms with Gasteiger partial charge in [-0.25, -0.2) is 13.1 Å². The second kappa shape index (κ2) is 5.58. The van der Waals surface area contributed by atoms with E-state index in [2.05, 4.69) is 20.0 Å². The highest BCUT2D eigenvalue weighted by Crippen LogP contribution is 2.19. The van der Waals surface area contributed by atoms with E-state index < -0.39 is 16.6 Å². The molecule has 2 rings (SSSR count). The number of aromatic amines is 1. The minimum absolute atomic E-state index is 0.00389. The van der Waals surface area contributed by atoms with Crippen molar-refractivity contribution in [3.63, 3.8) is 0 Å². The van der Waals surface area contributed by atoms with Crippen LogP contribution in [0.15, 0.2) is 4.90 Å². The maximum Gasteiger partial charge on any atom is 0.244 e. The van der Waals surface area contributed by atoms with Gasteiger partial charge in [0.05, 0.1) is 18.0 Å². The molecule has 0 radical (unpaired) electrons. The average Bonchev–Trinajstić information content (AvgIpc) is 2.90. The molecule has 0 aromatic carbocycles. The van der Waals surface area contributed by atoms with Crippen molar-refractivity contribution in [2.75, 3.05) is 0 Å². The van der Waals surface area contributed by atoms with Crippen LogP contribution >= 0.6 is 0 Å². The molecule has 0 bridgehead atoms. The van der Waals surface area contributed by atoms with Crippen LogP contribution in [0.3, 0.4) is 0 Å². The van der Waals surface area contributed by atoms with E-state index in [0.29, 0.717) is 5.69 Å². The molecule has 2 aromatic rings. The van der Waals surface area contributed by atoms with Crippen LogP contribution in [0.1, 0.15) is 28.3 Å². The molecule has 0 fully saturated rings. The number of rotatable bonds is 5. The summed E-state index contributed by atoms with van der Waals surface area (Å²) in [5.41, 5.74) is 3.03. The minimum Gasteiger partial charge on any atom is -0.390 e. The molecule has 2 heterocycles. The molecule has 0 spiro atoms. The number of aromatic nitrogens is 4. The Morgan fingerprint density at radius 2 is 2.00 bits per heavy atom. The Morgan fingerprint density at radius 1 is 1.33 bits per heavy atom. The van der Waals surface area contributed by atoms with Crippen LogP contribution in [0, 0.1) is 20.8 Å². The van der Waals surface area contributed by atoms with E-state index >= 15 is 0 Å². The zero-order chi connectivity index (χ0) is 15.8. The molecule has 0 aliphatic heterocycles. The monoisotopic (exact) mass is 313 g/mol. The van der Waals surface area contributed by atoms with Gasteiger partial charge in [-0.15, -0.1) is 0 Å². The Balaban J connectivity index is 2.28. The molecule has 0 amide bonds. The number of aliphatic hydroxyl groups is 1. The van der Waals surface area contributed by atoms with Crippen LogP contribution in [0.25, 0.3) is 0 Å². The summed E-state index contributed by atoms with van der Waals surface area (Å²) in [5, 5.41) is 19.8. The van der Waals surface area contributed by atoms with E-state index in [1.165, 1.54) is 0 Å². The average molecular weight is 313 g/mol. The molecule has 116 valence electrons. The normalized spacial score (nSPS) is 12.0. The smallest absolute Gasteiger partial charge is 0.244 e. The van der Waals surface area contributed by atoms with Gasteiger partial charge in [0.15, 0.2) is 0 Å². The summed E-state index contributed by atoms with van der Waals surface area (Å²) in [7, 11) is -1.94. The molecule has 21 heavy (non-hydrogen) atoms. The van der Waals surface area contributed by atoms with Crippen LogP contribution in [0.5, 0.6) is 0 Å². The van der Waals surface area contributed by atoms with Crippen molar-refractivity contribution in [3.05, 3.63) is 28.3 Å². The van der Waals surface area contributed by atoms with Gasteiger partial charge >= 0.3 is 0 Å². The lowest BCUT2D eigenvalue weighted by molar-refractivity contribution is 0.273. The van der Waals surface area contributed by atoms with Crippen LogP contribution in [-0.2, 0) is 30.2 Å².